The lowest BCUT2D eigenvalue weighted by molar-refractivity contribution is 0.193. The Hall–Kier alpha value is -2.58. The van der Waals surface area contributed by atoms with Crippen molar-refractivity contribution in [3.05, 3.63) is 48.3 Å². The number of fused-ring (bicyclic) bond motifs is 1. The first-order chi connectivity index (χ1) is 12.8. The Kier molecular flexibility index (Phi) is 5.03. The van der Waals surface area contributed by atoms with Crippen LogP contribution in [0.15, 0.2) is 37.1 Å². The van der Waals surface area contributed by atoms with Crippen LogP contribution in [-0.4, -0.2) is 62.8 Å². The normalized spacial score (nSPS) is 17.2. The van der Waals surface area contributed by atoms with E-state index in [-0.39, 0.29) is 0 Å². The molecule has 0 aromatic carbocycles. The summed E-state index contributed by atoms with van der Waals surface area (Å²) in [7, 11) is 2.09. The van der Waals surface area contributed by atoms with Gasteiger partial charge in [0.1, 0.15) is 12.1 Å². The van der Waals surface area contributed by atoms with Crippen molar-refractivity contribution in [1.29, 1.82) is 0 Å². The summed E-state index contributed by atoms with van der Waals surface area (Å²) in [6.45, 7) is 4.07. The molecule has 0 amide bonds. The second-order valence-corrected chi connectivity index (χ2v) is 6.61. The van der Waals surface area contributed by atoms with Gasteiger partial charge in [-0.3, -0.25) is 0 Å². The summed E-state index contributed by atoms with van der Waals surface area (Å²) in [6.07, 6.45) is 8.25. The van der Waals surface area contributed by atoms with Gasteiger partial charge >= 0.3 is 0 Å². The van der Waals surface area contributed by atoms with E-state index in [2.05, 4.69) is 37.3 Å². The molecule has 1 atom stereocenters. The van der Waals surface area contributed by atoms with Gasteiger partial charge in [0.05, 0.1) is 18.5 Å². The number of rotatable bonds is 7. The van der Waals surface area contributed by atoms with E-state index in [4.69, 9.17) is 4.74 Å². The molecule has 3 aromatic rings. The molecule has 3 aromatic heterocycles. The van der Waals surface area contributed by atoms with Gasteiger partial charge in [-0.2, -0.15) is 5.10 Å². The molecular formula is C18H23N7O. The van der Waals surface area contributed by atoms with Crippen molar-refractivity contribution in [1.82, 2.24) is 29.5 Å². The molecule has 0 unspecified atom stereocenters. The van der Waals surface area contributed by atoms with Crippen molar-refractivity contribution < 1.29 is 4.74 Å². The Morgan fingerprint density at radius 2 is 2.31 bits per heavy atom. The average molecular weight is 353 g/mol. The SMILES string of the molecule is CN(CCNc1cc([C@H]2CCOC2)ncn1)Cc1cnn2cccnc12. The third kappa shape index (κ3) is 3.81. The van der Waals surface area contributed by atoms with Gasteiger partial charge in [0, 0.05) is 56.2 Å². The largest absolute Gasteiger partial charge is 0.381 e. The van der Waals surface area contributed by atoms with E-state index in [1.807, 2.05) is 24.5 Å². The summed E-state index contributed by atoms with van der Waals surface area (Å²) in [5, 5.41) is 7.72. The molecule has 1 fully saturated rings. The Bertz CT molecular complexity index is 859. The molecule has 8 heteroatoms. The van der Waals surface area contributed by atoms with E-state index in [1.165, 1.54) is 0 Å². The minimum absolute atomic E-state index is 0.393. The number of aromatic nitrogens is 5. The fourth-order valence-corrected chi connectivity index (χ4v) is 3.19. The van der Waals surface area contributed by atoms with Crippen LogP contribution in [0.4, 0.5) is 5.82 Å². The van der Waals surface area contributed by atoms with E-state index in [1.54, 1.807) is 17.0 Å². The zero-order chi connectivity index (χ0) is 17.8. The molecule has 0 aliphatic carbocycles. The summed E-state index contributed by atoms with van der Waals surface area (Å²) >= 11 is 0. The maximum absolute atomic E-state index is 5.45. The number of nitrogens with zero attached hydrogens (tertiary/aromatic N) is 6. The Labute approximate surface area is 152 Å². The fraction of sp³-hybridized carbons (Fsp3) is 0.444. The van der Waals surface area contributed by atoms with Crippen molar-refractivity contribution in [2.45, 2.75) is 18.9 Å². The zero-order valence-electron chi connectivity index (χ0n) is 14.9. The maximum Gasteiger partial charge on any atom is 0.159 e. The molecule has 4 rings (SSSR count). The quantitative estimate of drug-likeness (QED) is 0.690. The molecule has 0 spiro atoms. The van der Waals surface area contributed by atoms with Crippen LogP contribution in [0.5, 0.6) is 0 Å². The Morgan fingerprint density at radius 3 is 3.19 bits per heavy atom. The van der Waals surface area contributed by atoms with Gasteiger partial charge in [-0.15, -0.1) is 0 Å². The van der Waals surface area contributed by atoms with Crippen LogP contribution in [0.2, 0.25) is 0 Å². The third-order valence-corrected chi connectivity index (χ3v) is 4.63. The van der Waals surface area contributed by atoms with Crippen LogP contribution >= 0.6 is 0 Å². The van der Waals surface area contributed by atoms with Crippen molar-refractivity contribution in [3.63, 3.8) is 0 Å². The average Bonchev–Trinajstić information content (AvgIpc) is 3.33. The molecule has 0 saturated carbocycles. The molecule has 1 saturated heterocycles. The fourth-order valence-electron chi connectivity index (χ4n) is 3.19. The standard InChI is InChI=1S/C18H23N7O/c1-24(11-15-10-23-25-6-2-4-20-18(15)25)7-5-19-17-9-16(21-13-22-17)14-3-8-26-12-14/h2,4,6,9-10,13-14H,3,5,7-8,11-12H2,1H3,(H,19,21,22)/t14-/m0/s1. The minimum atomic E-state index is 0.393. The van der Waals surface area contributed by atoms with E-state index in [9.17, 15) is 0 Å². The lowest BCUT2D eigenvalue weighted by Crippen LogP contribution is -2.25. The van der Waals surface area contributed by atoms with Crippen molar-refractivity contribution in [2.75, 3.05) is 38.7 Å². The summed E-state index contributed by atoms with van der Waals surface area (Å²) < 4.78 is 7.25. The highest BCUT2D eigenvalue weighted by molar-refractivity contribution is 5.45. The number of ether oxygens (including phenoxy) is 1. The van der Waals surface area contributed by atoms with E-state index >= 15 is 0 Å². The highest BCUT2D eigenvalue weighted by atomic mass is 16.5. The first kappa shape index (κ1) is 16.9. The molecule has 1 aliphatic rings. The van der Waals surface area contributed by atoms with Crippen LogP contribution in [0.1, 0.15) is 23.6 Å². The lowest BCUT2D eigenvalue weighted by Gasteiger charge is -2.16. The second-order valence-electron chi connectivity index (χ2n) is 6.61. The van der Waals surface area contributed by atoms with E-state index in [0.717, 1.165) is 62.0 Å². The monoisotopic (exact) mass is 353 g/mol. The molecule has 1 aliphatic heterocycles. The molecule has 0 bridgehead atoms. The van der Waals surface area contributed by atoms with Crippen LogP contribution in [-0.2, 0) is 11.3 Å². The number of anilines is 1. The third-order valence-electron chi connectivity index (χ3n) is 4.63. The van der Waals surface area contributed by atoms with Crippen LogP contribution < -0.4 is 5.32 Å². The summed E-state index contributed by atoms with van der Waals surface area (Å²) in [5.41, 5.74) is 3.09. The van der Waals surface area contributed by atoms with Crippen molar-refractivity contribution >= 4 is 11.5 Å². The van der Waals surface area contributed by atoms with Crippen LogP contribution in [0, 0.1) is 0 Å². The van der Waals surface area contributed by atoms with Gasteiger partial charge in [-0.1, -0.05) is 0 Å². The lowest BCUT2D eigenvalue weighted by atomic mass is 10.1. The van der Waals surface area contributed by atoms with Gasteiger partial charge in [0.25, 0.3) is 0 Å². The second kappa shape index (κ2) is 7.76. The molecule has 8 nitrogen and oxygen atoms in total. The topological polar surface area (TPSA) is 80.5 Å². The van der Waals surface area contributed by atoms with Gasteiger partial charge in [-0.05, 0) is 19.5 Å². The predicted molar refractivity (Wildman–Crippen MR) is 98.0 cm³/mol. The molecule has 0 radical (unpaired) electrons. The van der Waals surface area contributed by atoms with E-state index < -0.39 is 0 Å². The van der Waals surface area contributed by atoms with Gasteiger partial charge in [-0.25, -0.2) is 19.5 Å². The van der Waals surface area contributed by atoms with Crippen molar-refractivity contribution in [3.8, 4) is 0 Å². The molecule has 4 heterocycles. The smallest absolute Gasteiger partial charge is 0.159 e. The summed E-state index contributed by atoms with van der Waals surface area (Å²) in [4.78, 5) is 15.3. The number of hydrogen-bond donors (Lipinski definition) is 1. The predicted octanol–water partition coefficient (Wildman–Crippen LogP) is 1.57. The number of nitrogens with one attached hydrogen (secondary N) is 1. The first-order valence-electron chi connectivity index (χ1n) is 8.89. The first-order valence-corrected chi connectivity index (χ1v) is 8.89. The Balaban J connectivity index is 1.29. The van der Waals surface area contributed by atoms with E-state index in [0.29, 0.717) is 5.92 Å². The zero-order valence-corrected chi connectivity index (χ0v) is 14.9. The summed E-state index contributed by atoms with van der Waals surface area (Å²) in [6, 6.07) is 3.92. The van der Waals surface area contributed by atoms with Crippen LogP contribution in [0.3, 0.4) is 0 Å². The number of hydrogen-bond acceptors (Lipinski definition) is 7. The summed E-state index contributed by atoms with van der Waals surface area (Å²) in [5.74, 6) is 1.26. The highest BCUT2D eigenvalue weighted by Crippen LogP contribution is 2.24. The maximum atomic E-state index is 5.45. The molecular weight excluding hydrogens is 330 g/mol. The molecule has 26 heavy (non-hydrogen) atoms. The Morgan fingerprint density at radius 1 is 1.35 bits per heavy atom. The highest BCUT2D eigenvalue weighted by Gasteiger charge is 2.19. The minimum Gasteiger partial charge on any atom is -0.381 e. The molecule has 136 valence electrons. The van der Waals surface area contributed by atoms with Gasteiger partial charge in [0.2, 0.25) is 0 Å². The van der Waals surface area contributed by atoms with Gasteiger partial charge in [0.15, 0.2) is 5.65 Å². The van der Waals surface area contributed by atoms with Gasteiger partial charge < -0.3 is 15.0 Å². The van der Waals surface area contributed by atoms with Crippen molar-refractivity contribution in [2.24, 2.45) is 0 Å². The van der Waals surface area contributed by atoms with Crippen LogP contribution in [0.25, 0.3) is 5.65 Å². The number of likely N-dealkylation sites (N-methyl/N-ethyl adjacent to an activating group) is 1. The molecule has 1 N–H and O–H groups in total.